The van der Waals surface area contributed by atoms with Gasteiger partial charge in [0.15, 0.2) is 0 Å². The molecular formula is C20H30FN3O3S. The third kappa shape index (κ3) is 2.79. The minimum Gasteiger partial charge on any atom is -0.380 e. The molecule has 0 aromatic rings. The van der Waals surface area contributed by atoms with Crippen LogP contribution in [-0.2, 0) is 14.8 Å². The van der Waals surface area contributed by atoms with Crippen molar-refractivity contribution in [3.63, 3.8) is 0 Å². The summed E-state index contributed by atoms with van der Waals surface area (Å²) in [7, 11) is -3.48. The fraction of sp³-hybridized carbons (Fsp3) is 0.800. The molecule has 0 amide bonds. The van der Waals surface area contributed by atoms with Gasteiger partial charge in [-0.15, -0.1) is 0 Å². The molecule has 0 radical (unpaired) electrons. The van der Waals surface area contributed by atoms with Gasteiger partial charge in [0.25, 0.3) is 0 Å². The summed E-state index contributed by atoms with van der Waals surface area (Å²) >= 11 is 0. The molecule has 2 spiro atoms. The van der Waals surface area contributed by atoms with Crippen LogP contribution in [0.2, 0.25) is 0 Å². The zero-order valence-corrected chi connectivity index (χ0v) is 17.7. The van der Waals surface area contributed by atoms with E-state index in [1.807, 2.05) is 0 Å². The summed E-state index contributed by atoms with van der Waals surface area (Å²) in [6, 6.07) is 0.667. The molecule has 5 aliphatic rings. The van der Waals surface area contributed by atoms with Crippen molar-refractivity contribution in [2.24, 2.45) is 10.8 Å². The number of allylic oxidation sites excluding steroid dienone is 4. The predicted octanol–water partition coefficient (Wildman–Crippen LogP) is 1.97. The van der Waals surface area contributed by atoms with Gasteiger partial charge in [0.05, 0.1) is 18.1 Å². The molecule has 156 valence electrons. The Morgan fingerprint density at radius 2 is 1.82 bits per heavy atom. The number of nitrogens with zero attached hydrogens (tertiary/aromatic N) is 2. The van der Waals surface area contributed by atoms with E-state index >= 15 is 0 Å². The molecule has 6 nitrogen and oxygen atoms in total. The Bertz CT molecular complexity index is 848. The van der Waals surface area contributed by atoms with E-state index in [0.29, 0.717) is 40.8 Å². The van der Waals surface area contributed by atoms with Crippen LogP contribution in [0.15, 0.2) is 22.4 Å². The fourth-order valence-electron chi connectivity index (χ4n) is 5.49. The molecule has 4 heterocycles. The van der Waals surface area contributed by atoms with Gasteiger partial charge in [-0.2, -0.15) is 4.31 Å². The molecule has 0 aromatic heterocycles. The smallest absolute Gasteiger partial charge is 0.241 e. The summed E-state index contributed by atoms with van der Waals surface area (Å²) in [4.78, 5) is 2.90. The number of sulfonamides is 1. The average Bonchev–Trinajstić information content (AvgIpc) is 2.42. The summed E-state index contributed by atoms with van der Waals surface area (Å²) in [6.45, 7) is 9.75. The van der Waals surface area contributed by atoms with E-state index in [0.717, 1.165) is 26.3 Å². The lowest BCUT2D eigenvalue weighted by Gasteiger charge is -2.66. The Hall–Kier alpha value is -0.960. The second-order valence-electron chi connectivity index (χ2n) is 10.2. The highest BCUT2D eigenvalue weighted by atomic mass is 32.2. The van der Waals surface area contributed by atoms with Gasteiger partial charge >= 0.3 is 0 Å². The molecular weight excluding hydrogens is 381 g/mol. The lowest BCUT2D eigenvalue weighted by molar-refractivity contribution is -0.211. The number of dihydropyridines is 1. The van der Waals surface area contributed by atoms with Crippen LogP contribution in [0.25, 0.3) is 0 Å². The monoisotopic (exact) mass is 411 g/mol. The van der Waals surface area contributed by atoms with Crippen LogP contribution in [0.3, 0.4) is 0 Å². The topological polar surface area (TPSA) is 61.9 Å². The van der Waals surface area contributed by atoms with E-state index in [2.05, 4.69) is 10.2 Å². The van der Waals surface area contributed by atoms with Crippen LogP contribution in [0.4, 0.5) is 4.39 Å². The van der Waals surface area contributed by atoms with Crippen LogP contribution < -0.4 is 5.32 Å². The van der Waals surface area contributed by atoms with Crippen molar-refractivity contribution in [2.75, 3.05) is 39.4 Å². The van der Waals surface area contributed by atoms with Crippen molar-refractivity contribution >= 4 is 10.0 Å². The Kier molecular flexibility index (Phi) is 3.94. The quantitative estimate of drug-likeness (QED) is 0.766. The molecule has 1 saturated carbocycles. The predicted molar refractivity (Wildman–Crippen MR) is 104 cm³/mol. The Morgan fingerprint density at radius 1 is 1.18 bits per heavy atom. The third-order valence-electron chi connectivity index (χ3n) is 7.29. The molecule has 0 unspecified atom stereocenters. The molecule has 1 aliphatic carbocycles. The van der Waals surface area contributed by atoms with Crippen molar-refractivity contribution in [2.45, 2.75) is 51.7 Å². The van der Waals surface area contributed by atoms with Crippen molar-refractivity contribution in [1.82, 2.24) is 14.5 Å². The van der Waals surface area contributed by atoms with E-state index in [1.54, 1.807) is 17.3 Å². The SMILES string of the molecule is CC1=C(S(=O)(=O)N2CC3(CN(C4CC5(COC5)C4)C3)C2)CC=C(C(C)(C)F)N1. The molecule has 4 aliphatic heterocycles. The van der Waals surface area contributed by atoms with E-state index < -0.39 is 15.7 Å². The lowest BCUT2D eigenvalue weighted by atomic mass is 9.61. The molecule has 28 heavy (non-hydrogen) atoms. The van der Waals surface area contributed by atoms with Crippen LogP contribution >= 0.6 is 0 Å². The van der Waals surface area contributed by atoms with Crippen molar-refractivity contribution in [3.8, 4) is 0 Å². The summed E-state index contributed by atoms with van der Waals surface area (Å²) in [5, 5.41) is 2.96. The van der Waals surface area contributed by atoms with Crippen LogP contribution in [0.5, 0.6) is 0 Å². The summed E-state index contributed by atoms with van der Waals surface area (Å²) < 4.78 is 47.2. The first-order chi connectivity index (χ1) is 13.0. The maximum atomic E-state index is 14.1. The highest BCUT2D eigenvalue weighted by Crippen LogP contribution is 2.53. The van der Waals surface area contributed by atoms with Crippen LogP contribution in [0.1, 0.15) is 40.0 Å². The highest BCUT2D eigenvalue weighted by Gasteiger charge is 2.60. The number of likely N-dealkylation sites (tertiary alicyclic amines) is 1. The summed E-state index contributed by atoms with van der Waals surface area (Å²) in [5.74, 6) is 0. The zero-order valence-electron chi connectivity index (χ0n) is 16.9. The summed E-state index contributed by atoms with van der Waals surface area (Å²) in [5.41, 5.74) is 0.0970. The number of nitrogens with one attached hydrogen (secondary N) is 1. The molecule has 3 saturated heterocycles. The largest absolute Gasteiger partial charge is 0.380 e. The van der Waals surface area contributed by atoms with Gasteiger partial charge in [-0.3, -0.25) is 4.90 Å². The average molecular weight is 412 g/mol. The van der Waals surface area contributed by atoms with Gasteiger partial charge in [0.1, 0.15) is 5.67 Å². The van der Waals surface area contributed by atoms with Gasteiger partial charge < -0.3 is 10.1 Å². The van der Waals surface area contributed by atoms with E-state index in [4.69, 9.17) is 4.74 Å². The number of rotatable bonds is 4. The van der Waals surface area contributed by atoms with E-state index in [-0.39, 0.29) is 11.8 Å². The molecule has 0 bridgehead atoms. The maximum Gasteiger partial charge on any atom is 0.241 e. The Balaban J connectivity index is 1.17. The molecule has 0 aromatic carbocycles. The molecule has 1 N–H and O–H groups in total. The number of hydrogen-bond donors (Lipinski definition) is 1. The molecule has 8 heteroatoms. The van der Waals surface area contributed by atoms with E-state index in [9.17, 15) is 12.8 Å². The highest BCUT2D eigenvalue weighted by molar-refractivity contribution is 7.93. The molecule has 5 rings (SSSR count). The van der Waals surface area contributed by atoms with Crippen molar-refractivity contribution < 1.29 is 17.5 Å². The Morgan fingerprint density at radius 3 is 2.32 bits per heavy atom. The van der Waals surface area contributed by atoms with Gasteiger partial charge in [0.2, 0.25) is 10.0 Å². The molecule has 4 fully saturated rings. The second-order valence-corrected chi connectivity index (χ2v) is 12.2. The first kappa shape index (κ1) is 19.0. The number of halogens is 1. The van der Waals surface area contributed by atoms with Gasteiger partial charge in [-0.05, 0) is 33.6 Å². The number of hydrogen-bond acceptors (Lipinski definition) is 5. The van der Waals surface area contributed by atoms with Gasteiger partial charge in [-0.1, -0.05) is 6.08 Å². The fourth-order valence-corrected chi connectivity index (χ4v) is 7.42. The normalized spacial score (nSPS) is 30.2. The Labute approximate surface area is 166 Å². The van der Waals surface area contributed by atoms with Gasteiger partial charge in [-0.25, -0.2) is 12.8 Å². The number of ether oxygens (including phenoxy) is 1. The minimum atomic E-state index is -3.48. The van der Waals surface area contributed by atoms with Gasteiger partial charge in [0, 0.05) is 60.9 Å². The standard InChI is InChI=1S/C20H30FN3O3S/c1-14-16(4-5-17(22-14)18(2,3)21)28(25,26)24-10-20(11-24)8-23(9-20)15-6-19(7-15)12-27-13-19/h5,15,22H,4,6-13H2,1-3H3. The van der Waals surface area contributed by atoms with Crippen LogP contribution in [0, 0.1) is 10.8 Å². The zero-order chi connectivity index (χ0) is 19.9. The third-order valence-corrected chi connectivity index (χ3v) is 9.33. The first-order valence-electron chi connectivity index (χ1n) is 10.2. The van der Waals surface area contributed by atoms with Crippen LogP contribution in [-0.4, -0.2) is 68.7 Å². The summed E-state index contributed by atoms with van der Waals surface area (Å²) in [6.07, 6.45) is 4.40. The van der Waals surface area contributed by atoms with Crippen molar-refractivity contribution in [1.29, 1.82) is 0 Å². The maximum absolute atomic E-state index is 14.1. The van der Waals surface area contributed by atoms with E-state index in [1.165, 1.54) is 26.7 Å². The first-order valence-corrected chi connectivity index (χ1v) is 11.6. The molecule has 0 atom stereocenters. The lowest BCUT2D eigenvalue weighted by Crippen LogP contribution is -2.76. The van der Waals surface area contributed by atoms with Crippen molar-refractivity contribution in [3.05, 3.63) is 22.4 Å². The minimum absolute atomic E-state index is 0.143. The second kappa shape index (κ2) is 5.80. The number of alkyl halides is 1.